The lowest BCUT2D eigenvalue weighted by Gasteiger charge is -2.28. The zero-order chi connectivity index (χ0) is 11.6. The Morgan fingerprint density at radius 2 is 1.94 bits per heavy atom. The minimum absolute atomic E-state index is 0.191. The van der Waals surface area contributed by atoms with Gasteiger partial charge in [-0.05, 0) is 19.9 Å². The van der Waals surface area contributed by atoms with Crippen LogP contribution in [-0.2, 0) is 5.54 Å². The molecule has 1 aromatic rings. The van der Waals surface area contributed by atoms with Crippen LogP contribution in [0.15, 0.2) is 24.3 Å². The zero-order valence-electron chi connectivity index (χ0n) is 9.40. The number of hydrogen-bond donors (Lipinski definition) is 1. The van der Waals surface area contributed by atoms with E-state index in [0.29, 0.717) is 0 Å². The fourth-order valence-electron chi connectivity index (χ4n) is 2.67. The van der Waals surface area contributed by atoms with E-state index < -0.39 is 0 Å². The molecular formula is C12H16N2O2. The Hall–Kier alpha value is -1.42. The minimum atomic E-state index is -0.285. The highest BCUT2D eigenvalue weighted by Gasteiger charge is 2.38. The van der Waals surface area contributed by atoms with Gasteiger partial charge in [-0.25, -0.2) is 0 Å². The van der Waals surface area contributed by atoms with Crippen molar-refractivity contribution in [2.45, 2.75) is 31.2 Å². The first-order valence-electron chi connectivity index (χ1n) is 5.62. The van der Waals surface area contributed by atoms with Gasteiger partial charge in [-0.3, -0.25) is 10.1 Å². The summed E-state index contributed by atoms with van der Waals surface area (Å²) in [4.78, 5) is 10.7. The van der Waals surface area contributed by atoms with Crippen LogP contribution in [0.3, 0.4) is 0 Å². The van der Waals surface area contributed by atoms with E-state index in [9.17, 15) is 10.1 Å². The largest absolute Gasteiger partial charge is 0.310 e. The van der Waals surface area contributed by atoms with Gasteiger partial charge < -0.3 is 5.32 Å². The highest BCUT2D eigenvalue weighted by Crippen LogP contribution is 2.41. The lowest BCUT2D eigenvalue weighted by Crippen LogP contribution is -2.37. The van der Waals surface area contributed by atoms with Gasteiger partial charge in [0.15, 0.2) is 0 Å². The molecule has 0 atom stereocenters. The predicted molar refractivity (Wildman–Crippen MR) is 62.3 cm³/mol. The van der Waals surface area contributed by atoms with Gasteiger partial charge in [-0.15, -0.1) is 0 Å². The molecule has 1 aliphatic carbocycles. The summed E-state index contributed by atoms with van der Waals surface area (Å²) in [5, 5.41) is 14.3. The minimum Gasteiger partial charge on any atom is -0.310 e. The molecule has 1 fully saturated rings. The van der Waals surface area contributed by atoms with Crippen molar-refractivity contribution >= 4 is 5.69 Å². The van der Waals surface area contributed by atoms with Crippen molar-refractivity contribution in [3.05, 3.63) is 39.9 Å². The summed E-state index contributed by atoms with van der Waals surface area (Å²) in [7, 11) is 1.89. The molecule has 0 aromatic heterocycles. The lowest BCUT2D eigenvalue weighted by molar-refractivity contribution is -0.386. The summed E-state index contributed by atoms with van der Waals surface area (Å²) < 4.78 is 0. The normalized spacial score (nSPS) is 18.6. The number of nitro benzene ring substituents is 1. The van der Waals surface area contributed by atoms with Crippen LogP contribution in [0.5, 0.6) is 0 Å². The number of rotatable bonds is 3. The van der Waals surface area contributed by atoms with Crippen molar-refractivity contribution in [3.63, 3.8) is 0 Å². The number of nitrogens with zero attached hydrogens (tertiary/aromatic N) is 1. The molecule has 0 spiro atoms. The number of nitro groups is 1. The van der Waals surface area contributed by atoms with E-state index >= 15 is 0 Å². The second-order valence-corrected chi connectivity index (χ2v) is 4.31. The standard InChI is InChI=1S/C12H16N2O2/c1-13-12(8-4-5-9-12)10-6-2-3-7-11(10)14(15)16/h2-3,6-7,13H,4-5,8-9H2,1H3. The first kappa shape index (κ1) is 11.1. The third-order valence-corrected chi connectivity index (χ3v) is 3.55. The molecule has 4 heteroatoms. The van der Waals surface area contributed by atoms with E-state index in [4.69, 9.17) is 0 Å². The highest BCUT2D eigenvalue weighted by molar-refractivity contribution is 5.45. The van der Waals surface area contributed by atoms with E-state index in [-0.39, 0.29) is 16.1 Å². The lowest BCUT2D eigenvalue weighted by atomic mass is 9.87. The quantitative estimate of drug-likeness (QED) is 0.629. The fraction of sp³-hybridized carbons (Fsp3) is 0.500. The van der Waals surface area contributed by atoms with E-state index in [1.165, 1.54) is 0 Å². The maximum absolute atomic E-state index is 11.0. The van der Waals surface area contributed by atoms with Crippen LogP contribution in [0.1, 0.15) is 31.2 Å². The first-order chi connectivity index (χ1) is 7.69. The molecule has 1 N–H and O–H groups in total. The van der Waals surface area contributed by atoms with Crippen molar-refractivity contribution in [3.8, 4) is 0 Å². The van der Waals surface area contributed by atoms with Gasteiger partial charge in [0.25, 0.3) is 5.69 Å². The Morgan fingerprint density at radius 1 is 1.31 bits per heavy atom. The molecule has 86 valence electrons. The fourth-order valence-corrected chi connectivity index (χ4v) is 2.67. The third kappa shape index (κ3) is 1.69. The maximum Gasteiger partial charge on any atom is 0.274 e. The molecular weight excluding hydrogens is 204 g/mol. The number of para-hydroxylation sites is 1. The summed E-state index contributed by atoms with van der Waals surface area (Å²) in [6, 6.07) is 7.06. The van der Waals surface area contributed by atoms with Gasteiger partial charge in [0.1, 0.15) is 0 Å². The van der Waals surface area contributed by atoms with Gasteiger partial charge in [0.2, 0.25) is 0 Å². The SMILES string of the molecule is CNC1(c2ccccc2[N+](=O)[O-])CCCC1. The molecule has 1 aromatic carbocycles. The third-order valence-electron chi connectivity index (χ3n) is 3.55. The number of hydrogen-bond acceptors (Lipinski definition) is 3. The maximum atomic E-state index is 11.0. The molecule has 1 aliphatic rings. The van der Waals surface area contributed by atoms with Crippen molar-refractivity contribution < 1.29 is 4.92 Å². The Kier molecular flexibility index (Phi) is 2.92. The van der Waals surface area contributed by atoms with Gasteiger partial charge in [0, 0.05) is 11.6 Å². The van der Waals surface area contributed by atoms with Crippen LogP contribution < -0.4 is 5.32 Å². The van der Waals surface area contributed by atoms with E-state index in [0.717, 1.165) is 31.2 Å². The van der Waals surface area contributed by atoms with Crippen LogP contribution in [0.2, 0.25) is 0 Å². The molecule has 16 heavy (non-hydrogen) atoms. The second kappa shape index (κ2) is 4.22. The topological polar surface area (TPSA) is 55.2 Å². The average Bonchev–Trinajstić information content (AvgIpc) is 2.78. The van der Waals surface area contributed by atoms with Gasteiger partial charge in [-0.1, -0.05) is 31.0 Å². The Morgan fingerprint density at radius 3 is 2.50 bits per heavy atom. The first-order valence-corrected chi connectivity index (χ1v) is 5.62. The molecule has 0 bridgehead atoms. The Bertz CT molecular complexity index is 398. The van der Waals surface area contributed by atoms with Crippen LogP contribution >= 0.6 is 0 Å². The average molecular weight is 220 g/mol. The van der Waals surface area contributed by atoms with E-state index in [1.807, 2.05) is 19.2 Å². The van der Waals surface area contributed by atoms with Gasteiger partial charge in [0.05, 0.1) is 10.5 Å². The number of benzene rings is 1. The molecule has 4 nitrogen and oxygen atoms in total. The van der Waals surface area contributed by atoms with Crippen molar-refractivity contribution in [2.24, 2.45) is 0 Å². The second-order valence-electron chi connectivity index (χ2n) is 4.31. The Balaban J connectivity index is 2.49. The van der Waals surface area contributed by atoms with Crippen LogP contribution in [0.4, 0.5) is 5.69 Å². The molecule has 0 unspecified atom stereocenters. The van der Waals surface area contributed by atoms with E-state index in [1.54, 1.807) is 12.1 Å². The smallest absolute Gasteiger partial charge is 0.274 e. The van der Waals surface area contributed by atoms with Crippen molar-refractivity contribution in [1.82, 2.24) is 5.32 Å². The monoisotopic (exact) mass is 220 g/mol. The van der Waals surface area contributed by atoms with Crippen molar-refractivity contribution in [2.75, 3.05) is 7.05 Å². The van der Waals surface area contributed by atoms with Crippen molar-refractivity contribution in [1.29, 1.82) is 0 Å². The molecule has 0 amide bonds. The number of nitrogens with one attached hydrogen (secondary N) is 1. The summed E-state index contributed by atoms with van der Waals surface area (Å²) >= 11 is 0. The van der Waals surface area contributed by atoms with Crippen LogP contribution in [-0.4, -0.2) is 12.0 Å². The van der Waals surface area contributed by atoms with E-state index in [2.05, 4.69) is 5.32 Å². The molecule has 0 aliphatic heterocycles. The molecule has 0 heterocycles. The predicted octanol–water partition coefficient (Wildman–Crippen LogP) is 2.58. The Labute approximate surface area is 94.8 Å². The summed E-state index contributed by atoms with van der Waals surface area (Å²) in [6.45, 7) is 0. The molecule has 0 radical (unpaired) electrons. The van der Waals surface area contributed by atoms with Crippen LogP contribution in [0, 0.1) is 10.1 Å². The van der Waals surface area contributed by atoms with Gasteiger partial charge >= 0.3 is 0 Å². The summed E-state index contributed by atoms with van der Waals surface area (Å²) in [6.07, 6.45) is 4.22. The highest BCUT2D eigenvalue weighted by atomic mass is 16.6. The van der Waals surface area contributed by atoms with Gasteiger partial charge in [-0.2, -0.15) is 0 Å². The molecule has 0 saturated heterocycles. The molecule has 2 rings (SSSR count). The zero-order valence-corrected chi connectivity index (χ0v) is 9.40. The summed E-state index contributed by atoms with van der Waals surface area (Å²) in [5.74, 6) is 0. The van der Waals surface area contributed by atoms with Crippen LogP contribution in [0.25, 0.3) is 0 Å². The molecule has 1 saturated carbocycles. The summed E-state index contributed by atoms with van der Waals surface area (Å²) in [5.41, 5.74) is 0.877.